The minimum atomic E-state index is -0.785. The molecule has 1 saturated heterocycles. The highest BCUT2D eigenvalue weighted by Crippen LogP contribution is 2.47. The summed E-state index contributed by atoms with van der Waals surface area (Å²) >= 11 is 1.67. The molecule has 1 aromatic rings. The summed E-state index contributed by atoms with van der Waals surface area (Å²) in [5.41, 5.74) is 1.21. The first-order valence-corrected chi connectivity index (χ1v) is 9.10. The Bertz CT molecular complexity index is 593. The average molecular weight is 333 g/mol. The fourth-order valence-corrected chi connectivity index (χ4v) is 5.00. The number of thioether (sulfide) groups is 1. The fourth-order valence-electron chi connectivity index (χ4n) is 3.57. The summed E-state index contributed by atoms with van der Waals surface area (Å²) in [5.74, 6) is -1.04. The Balaban J connectivity index is 1.76. The molecule has 1 aliphatic heterocycles. The third-order valence-electron chi connectivity index (χ3n) is 4.96. The Morgan fingerprint density at radius 3 is 2.43 bits per heavy atom. The molecular formula is C18H23NO3S. The lowest BCUT2D eigenvalue weighted by Crippen LogP contribution is -2.44. The largest absolute Gasteiger partial charge is 0.481 e. The molecule has 0 radical (unpaired) electrons. The molecule has 1 aliphatic carbocycles. The monoisotopic (exact) mass is 333 g/mol. The number of hydrogen-bond acceptors (Lipinski definition) is 3. The van der Waals surface area contributed by atoms with Crippen LogP contribution in [0.1, 0.15) is 37.7 Å². The molecule has 5 heteroatoms. The number of carboxylic acids is 1. The SMILES string of the molecule is Cc1ccc(SC2(C(=O)N3CCC(C(=O)O)C3)CCCC2)cc1. The maximum atomic E-state index is 13.1. The Kier molecular flexibility index (Phi) is 4.67. The number of carbonyl (C=O) groups is 2. The molecule has 23 heavy (non-hydrogen) atoms. The summed E-state index contributed by atoms with van der Waals surface area (Å²) in [6.45, 7) is 3.00. The molecule has 0 spiro atoms. The van der Waals surface area contributed by atoms with Gasteiger partial charge in [0.15, 0.2) is 0 Å². The van der Waals surface area contributed by atoms with Crippen LogP contribution >= 0.6 is 11.8 Å². The zero-order chi connectivity index (χ0) is 16.4. The third kappa shape index (κ3) is 3.39. The van der Waals surface area contributed by atoms with Crippen LogP contribution in [0, 0.1) is 12.8 Å². The summed E-state index contributed by atoms with van der Waals surface area (Å²) in [6, 6.07) is 8.31. The lowest BCUT2D eigenvalue weighted by atomic mass is 10.1. The zero-order valence-electron chi connectivity index (χ0n) is 13.5. The normalized spacial score (nSPS) is 23.2. The summed E-state index contributed by atoms with van der Waals surface area (Å²) < 4.78 is -0.400. The van der Waals surface area contributed by atoms with E-state index in [0.717, 1.165) is 30.6 Å². The van der Waals surface area contributed by atoms with Gasteiger partial charge in [0.05, 0.1) is 10.7 Å². The van der Waals surface area contributed by atoms with E-state index in [0.29, 0.717) is 19.5 Å². The highest BCUT2D eigenvalue weighted by molar-refractivity contribution is 8.01. The zero-order valence-corrected chi connectivity index (χ0v) is 14.3. The van der Waals surface area contributed by atoms with Crippen LogP contribution in [-0.2, 0) is 9.59 Å². The Labute approximate surface area is 141 Å². The number of hydrogen-bond donors (Lipinski definition) is 1. The molecule has 1 aromatic carbocycles. The maximum absolute atomic E-state index is 13.1. The van der Waals surface area contributed by atoms with Crippen molar-refractivity contribution in [2.24, 2.45) is 5.92 Å². The van der Waals surface area contributed by atoms with E-state index >= 15 is 0 Å². The molecule has 1 atom stereocenters. The number of aryl methyl sites for hydroxylation is 1. The van der Waals surface area contributed by atoms with Crippen molar-refractivity contribution in [1.82, 2.24) is 4.90 Å². The van der Waals surface area contributed by atoms with Gasteiger partial charge in [-0.3, -0.25) is 9.59 Å². The summed E-state index contributed by atoms with van der Waals surface area (Å²) in [7, 11) is 0. The molecule has 124 valence electrons. The van der Waals surface area contributed by atoms with Gasteiger partial charge in [-0.15, -0.1) is 11.8 Å². The van der Waals surface area contributed by atoms with E-state index in [-0.39, 0.29) is 5.91 Å². The summed E-state index contributed by atoms with van der Waals surface area (Å²) in [5, 5.41) is 9.16. The van der Waals surface area contributed by atoms with Crippen LogP contribution in [-0.4, -0.2) is 39.7 Å². The van der Waals surface area contributed by atoms with Crippen molar-refractivity contribution < 1.29 is 14.7 Å². The molecule has 1 heterocycles. The van der Waals surface area contributed by atoms with Crippen molar-refractivity contribution in [3.63, 3.8) is 0 Å². The van der Waals surface area contributed by atoms with Crippen LogP contribution in [0.3, 0.4) is 0 Å². The molecule has 1 amide bonds. The highest BCUT2D eigenvalue weighted by atomic mass is 32.2. The predicted molar refractivity (Wildman–Crippen MR) is 90.6 cm³/mol. The Morgan fingerprint density at radius 2 is 1.87 bits per heavy atom. The highest BCUT2D eigenvalue weighted by Gasteiger charge is 2.46. The van der Waals surface area contributed by atoms with Gasteiger partial charge >= 0.3 is 5.97 Å². The van der Waals surface area contributed by atoms with E-state index in [1.54, 1.807) is 16.7 Å². The van der Waals surface area contributed by atoms with Gasteiger partial charge in [0.25, 0.3) is 0 Å². The van der Waals surface area contributed by atoms with Gasteiger partial charge in [0.1, 0.15) is 0 Å². The van der Waals surface area contributed by atoms with Gasteiger partial charge < -0.3 is 10.0 Å². The molecular weight excluding hydrogens is 310 g/mol. The molecule has 1 N–H and O–H groups in total. The third-order valence-corrected chi connectivity index (χ3v) is 6.44. The lowest BCUT2D eigenvalue weighted by molar-refractivity contribution is -0.141. The minimum absolute atomic E-state index is 0.143. The van der Waals surface area contributed by atoms with Crippen molar-refractivity contribution in [2.75, 3.05) is 13.1 Å². The Hall–Kier alpha value is -1.49. The molecule has 0 aromatic heterocycles. The van der Waals surface area contributed by atoms with Crippen LogP contribution < -0.4 is 0 Å². The van der Waals surface area contributed by atoms with Gasteiger partial charge in [-0.2, -0.15) is 0 Å². The van der Waals surface area contributed by atoms with Gasteiger partial charge in [-0.25, -0.2) is 0 Å². The predicted octanol–water partition coefficient (Wildman–Crippen LogP) is 3.33. The first-order valence-electron chi connectivity index (χ1n) is 8.28. The molecule has 2 aliphatic rings. The molecule has 1 saturated carbocycles. The topological polar surface area (TPSA) is 57.6 Å². The van der Waals surface area contributed by atoms with Gasteiger partial charge in [-0.05, 0) is 38.3 Å². The van der Waals surface area contributed by atoms with Crippen LogP contribution in [0.4, 0.5) is 0 Å². The quantitative estimate of drug-likeness (QED) is 0.918. The number of likely N-dealkylation sites (tertiary alicyclic amines) is 1. The lowest BCUT2D eigenvalue weighted by Gasteiger charge is -2.32. The van der Waals surface area contributed by atoms with E-state index < -0.39 is 16.6 Å². The number of carbonyl (C=O) groups excluding carboxylic acids is 1. The summed E-state index contributed by atoms with van der Waals surface area (Å²) in [4.78, 5) is 27.2. The number of rotatable bonds is 4. The number of aliphatic carboxylic acids is 1. The molecule has 4 nitrogen and oxygen atoms in total. The van der Waals surface area contributed by atoms with Crippen LogP contribution in [0.2, 0.25) is 0 Å². The smallest absolute Gasteiger partial charge is 0.308 e. The van der Waals surface area contributed by atoms with Gasteiger partial charge in [-0.1, -0.05) is 30.5 Å². The number of carboxylic acid groups (broad SMARTS) is 1. The first kappa shape index (κ1) is 16.4. The number of benzene rings is 1. The molecule has 3 rings (SSSR count). The molecule has 2 fully saturated rings. The fraction of sp³-hybridized carbons (Fsp3) is 0.556. The number of amides is 1. The molecule has 0 bridgehead atoms. The second-order valence-electron chi connectivity index (χ2n) is 6.69. The molecule has 1 unspecified atom stereocenters. The van der Waals surface area contributed by atoms with Crippen LogP contribution in [0.5, 0.6) is 0 Å². The van der Waals surface area contributed by atoms with Crippen molar-refractivity contribution in [3.05, 3.63) is 29.8 Å². The average Bonchev–Trinajstić information content (AvgIpc) is 3.19. The van der Waals surface area contributed by atoms with Gasteiger partial charge in [0.2, 0.25) is 5.91 Å². The van der Waals surface area contributed by atoms with Crippen molar-refractivity contribution in [3.8, 4) is 0 Å². The van der Waals surface area contributed by atoms with E-state index in [2.05, 4.69) is 31.2 Å². The standard InChI is InChI=1S/C18H23NO3S/c1-13-4-6-15(7-5-13)23-18(9-2-3-10-18)17(22)19-11-8-14(12-19)16(20)21/h4-7,14H,2-3,8-12H2,1H3,(H,20,21). The van der Waals surface area contributed by atoms with E-state index in [4.69, 9.17) is 5.11 Å². The van der Waals surface area contributed by atoms with Crippen LogP contribution in [0.15, 0.2) is 29.2 Å². The maximum Gasteiger partial charge on any atom is 0.308 e. The van der Waals surface area contributed by atoms with E-state index in [1.807, 2.05) is 0 Å². The second-order valence-corrected chi connectivity index (χ2v) is 8.15. The van der Waals surface area contributed by atoms with Gasteiger partial charge in [0, 0.05) is 18.0 Å². The summed E-state index contributed by atoms with van der Waals surface area (Å²) in [6.07, 6.45) is 4.49. The van der Waals surface area contributed by atoms with Crippen molar-refractivity contribution in [1.29, 1.82) is 0 Å². The van der Waals surface area contributed by atoms with Crippen LogP contribution in [0.25, 0.3) is 0 Å². The van der Waals surface area contributed by atoms with E-state index in [9.17, 15) is 9.59 Å². The number of nitrogens with zero attached hydrogens (tertiary/aromatic N) is 1. The minimum Gasteiger partial charge on any atom is -0.481 e. The van der Waals surface area contributed by atoms with Crippen molar-refractivity contribution in [2.45, 2.75) is 48.7 Å². The second kappa shape index (κ2) is 6.56. The van der Waals surface area contributed by atoms with Crippen molar-refractivity contribution >= 4 is 23.6 Å². The van der Waals surface area contributed by atoms with E-state index in [1.165, 1.54) is 5.56 Å². The Morgan fingerprint density at radius 1 is 1.22 bits per heavy atom. The first-order chi connectivity index (χ1) is 11.0.